The first-order valence-electron chi connectivity index (χ1n) is 6.73. The molecule has 0 saturated carbocycles. The Morgan fingerprint density at radius 3 is 2.76 bits per heavy atom. The van der Waals surface area contributed by atoms with Gasteiger partial charge in [-0.05, 0) is 43.3 Å². The highest BCUT2D eigenvalue weighted by Gasteiger charge is 2.14. The Balaban J connectivity index is 2.29. The Morgan fingerprint density at radius 1 is 1.24 bits per heavy atom. The normalized spacial score (nSPS) is 11.0. The first-order chi connectivity index (χ1) is 10.1. The van der Waals surface area contributed by atoms with Crippen molar-refractivity contribution in [2.75, 3.05) is 12.8 Å². The van der Waals surface area contributed by atoms with E-state index in [0.717, 1.165) is 39.2 Å². The minimum absolute atomic E-state index is 0.694. The predicted molar refractivity (Wildman–Crippen MR) is 89.5 cm³/mol. The van der Waals surface area contributed by atoms with E-state index in [1.807, 2.05) is 30.3 Å². The highest BCUT2D eigenvalue weighted by Crippen LogP contribution is 2.32. The van der Waals surface area contributed by atoms with E-state index in [1.165, 1.54) is 0 Å². The molecular formula is C16H16BrN3O. The summed E-state index contributed by atoms with van der Waals surface area (Å²) in [5.41, 5.74) is 9.76. The summed E-state index contributed by atoms with van der Waals surface area (Å²) in [5, 5.41) is 0. The SMILES string of the molecule is CCn1c(-c2cc(OC)ccc2N)nc2cc(Br)ccc21. The Morgan fingerprint density at radius 2 is 2.05 bits per heavy atom. The lowest BCUT2D eigenvalue weighted by atomic mass is 10.1. The number of benzene rings is 2. The zero-order valence-electron chi connectivity index (χ0n) is 11.9. The average molecular weight is 346 g/mol. The Bertz CT molecular complexity index is 811. The first kappa shape index (κ1) is 13.9. The Labute approximate surface area is 131 Å². The third-order valence-corrected chi connectivity index (χ3v) is 4.02. The van der Waals surface area contributed by atoms with Crippen molar-refractivity contribution in [2.24, 2.45) is 0 Å². The fourth-order valence-corrected chi connectivity index (χ4v) is 2.83. The summed E-state index contributed by atoms with van der Waals surface area (Å²) >= 11 is 3.49. The van der Waals surface area contributed by atoms with Gasteiger partial charge >= 0.3 is 0 Å². The highest BCUT2D eigenvalue weighted by molar-refractivity contribution is 9.10. The molecule has 3 aromatic rings. The number of nitrogens with two attached hydrogens (primary N) is 1. The van der Waals surface area contributed by atoms with Crippen molar-refractivity contribution in [3.05, 3.63) is 40.9 Å². The van der Waals surface area contributed by atoms with Crippen molar-refractivity contribution in [1.29, 1.82) is 0 Å². The second-order valence-electron chi connectivity index (χ2n) is 4.77. The number of halogens is 1. The van der Waals surface area contributed by atoms with E-state index in [0.29, 0.717) is 5.69 Å². The van der Waals surface area contributed by atoms with E-state index in [2.05, 4.69) is 33.5 Å². The molecule has 0 amide bonds. The highest BCUT2D eigenvalue weighted by atomic mass is 79.9. The van der Waals surface area contributed by atoms with Crippen molar-refractivity contribution in [1.82, 2.24) is 9.55 Å². The van der Waals surface area contributed by atoms with E-state index in [4.69, 9.17) is 15.5 Å². The monoisotopic (exact) mass is 345 g/mol. The second kappa shape index (κ2) is 5.41. The first-order valence-corrected chi connectivity index (χ1v) is 7.53. The van der Waals surface area contributed by atoms with Crippen molar-refractivity contribution < 1.29 is 4.74 Å². The summed E-state index contributed by atoms with van der Waals surface area (Å²) in [7, 11) is 1.65. The fourth-order valence-electron chi connectivity index (χ4n) is 2.48. The van der Waals surface area contributed by atoms with E-state index in [9.17, 15) is 0 Å². The number of nitrogens with zero attached hydrogens (tertiary/aromatic N) is 2. The molecule has 0 spiro atoms. The van der Waals surface area contributed by atoms with Gasteiger partial charge in [-0.2, -0.15) is 0 Å². The summed E-state index contributed by atoms with van der Waals surface area (Å²) in [6, 6.07) is 11.7. The van der Waals surface area contributed by atoms with Crippen LogP contribution in [0.4, 0.5) is 5.69 Å². The molecule has 1 heterocycles. The topological polar surface area (TPSA) is 53.1 Å². The molecule has 4 nitrogen and oxygen atoms in total. The Hall–Kier alpha value is -2.01. The molecule has 0 aliphatic rings. The average Bonchev–Trinajstić information content (AvgIpc) is 2.85. The molecule has 0 bridgehead atoms. The summed E-state index contributed by atoms with van der Waals surface area (Å²) in [5.74, 6) is 1.64. The zero-order chi connectivity index (χ0) is 15.0. The summed E-state index contributed by atoms with van der Waals surface area (Å²) in [6.07, 6.45) is 0. The van der Waals surface area contributed by atoms with E-state index in [-0.39, 0.29) is 0 Å². The number of aryl methyl sites for hydroxylation is 1. The van der Waals surface area contributed by atoms with E-state index >= 15 is 0 Å². The van der Waals surface area contributed by atoms with Crippen LogP contribution in [0.5, 0.6) is 5.75 Å². The fraction of sp³-hybridized carbons (Fsp3) is 0.188. The second-order valence-corrected chi connectivity index (χ2v) is 5.68. The number of hydrogen-bond donors (Lipinski definition) is 1. The van der Waals surface area contributed by atoms with Crippen LogP contribution in [0.25, 0.3) is 22.4 Å². The number of fused-ring (bicyclic) bond motifs is 1. The molecule has 0 radical (unpaired) electrons. The maximum absolute atomic E-state index is 6.13. The van der Waals surface area contributed by atoms with Crippen molar-refractivity contribution >= 4 is 32.7 Å². The summed E-state index contributed by atoms with van der Waals surface area (Å²) in [4.78, 5) is 4.75. The van der Waals surface area contributed by atoms with Gasteiger partial charge in [-0.15, -0.1) is 0 Å². The van der Waals surface area contributed by atoms with E-state index < -0.39 is 0 Å². The van der Waals surface area contributed by atoms with Crippen LogP contribution in [-0.4, -0.2) is 16.7 Å². The van der Waals surface area contributed by atoms with Crippen LogP contribution in [0.3, 0.4) is 0 Å². The quantitative estimate of drug-likeness (QED) is 0.727. The lowest BCUT2D eigenvalue weighted by Gasteiger charge is -2.10. The summed E-state index contributed by atoms with van der Waals surface area (Å²) < 4.78 is 8.47. The van der Waals surface area contributed by atoms with Crippen LogP contribution >= 0.6 is 15.9 Å². The largest absolute Gasteiger partial charge is 0.497 e. The van der Waals surface area contributed by atoms with Gasteiger partial charge in [0.25, 0.3) is 0 Å². The van der Waals surface area contributed by atoms with Crippen LogP contribution in [0.15, 0.2) is 40.9 Å². The van der Waals surface area contributed by atoms with Crippen LogP contribution in [0.1, 0.15) is 6.92 Å². The molecule has 0 aliphatic heterocycles. The number of aromatic nitrogens is 2. The molecule has 2 N–H and O–H groups in total. The minimum Gasteiger partial charge on any atom is -0.497 e. The van der Waals surface area contributed by atoms with Crippen molar-refractivity contribution in [3.63, 3.8) is 0 Å². The Kier molecular flexibility index (Phi) is 3.59. The van der Waals surface area contributed by atoms with Crippen LogP contribution < -0.4 is 10.5 Å². The molecule has 3 rings (SSSR count). The zero-order valence-corrected chi connectivity index (χ0v) is 13.5. The molecule has 2 aromatic carbocycles. The number of rotatable bonds is 3. The number of methoxy groups -OCH3 is 1. The standard InChI is InChI=1S/C16H16BrN3O/c1-3-20-15-7-4-10(17)8-14(15)19-16(20)12-9-11(21-2)5-6-13(12)18/h4-9H,3,18H2,1-2H3. The molecule has 5 heteroatoms. The maximum Gasteiger partial charge on any atom is 0.143 e. The third kappa shape index (κ3) is 2.38. The summed E-state index contributed by atoms with van der Waals surface area (Å²) in [6.45, 7) is 2.92. The van der Waals surface area contributed by atoms with Crippen LogP contribution in [-0.2, 0) is 6.54 Å². The number of imidazole rings is 1. The molecule has 21 heavy (non-hydrogen) atoms. The maximum atomic E-state index is 6.13. The third-order valence-electron chi connectivity index (χ3n) is 3.53. The predicted octanol–water partition coefficient (Wildman–Crippen LogP) is 4.08. The van der Waals surface area contributed by atoms with Gasteiger partial charge in [0.1, 0.15) is 11.6 Å². The lowest BCUT2D eigenvalue weighted by molar-refractivity contribution is 0.415. The minimum atomic E-state index is 0.694. The molecule has 1 aromatic heterocycles. The molecule has 0 atom stereocenters. The number of nitrogen functional groups attached to an aromatic ring is 1. The van der Waals surface area contributed by atoms with Gasteiger partial charge in [-0.1, -0.05) is 15.9 Å². The van der Waals surface area contributed by atoms with Gasteiger partial charge in [0, 0.05) is 22.3 Å². The number of ether oxygens (including phenoxy) is 1. The van der Waals surface area contributed by atoms with Crippen LogP contribution in [0, 0.1) is 0 Å². The lowest BCUT2D eigenvalue weighted by Crippen LogP contribution is -2.00. The number of hydrogen-bond acceptors (Lipinski definition) is 3. The molecule has 0 unspecified atom stereocenters. The van der Waals surface area contributed by atoms with Crippen molar-refractivity contribution in [3.8, 4) is 17.1 Å². The van der Waals surface area contributed by atoms with Gasteiger partial charge in [0.2, 0.25) is 0 Å². The molecular weight excluding hydrogens is 330 g/mol. The van der Waals surface area contributed by atoms with Gasteiger partial charge < -0.3 is 15.0 Å². The molecule has 0 saturated heterocycles. The number of anilines is 1. The van der Waals surface area contributed by atoms with Gasteiger partial charge in [0.15, 0.2) is 0 Å². The van der Waals surface area contributed by atoms with Gasteiger partial charge in [-0.25, -0.2) is 4.98 Å². The van der Waals surface area contributed by atoms with E-state index in [1.54, 1.807) is 7.11 Å². The van der Waals surface area contributed by atoms with Crippen molar-refractivity contribution in [2.45, 2.75) is 13.5 Å². The smallest absolute Gasteiger partial charge is 0.143 e. The van der Waals surface area contributed by atoms with Gasteiger partial charge in [0.05, 0.1) is 18.1 Å². The van der Waals surface area contributed by atoms with Gasteiger partial charge in [-0.3, -0.25) is 0 Å². The molecule has 0 fully saturated rings. The molecule has 108 valence electrons. The van der Waals surface area contributed by atoms with Crippen LogP contribution in [0.2, 0.25) is 0 Å². The molecule has 0 aliphatic carbocycles.